The summed E-state index contributed by atoms with van der Waals surface area (Å²) in [7, 11) is 0. The van der Waals surface area contributed by atoms with Crippen LogP contribution in [-0.4, -0.2) is 11.9 Å². The van der Waals surface area contributed by atoms with E-state index in [0.29, 0.717) is 11.1 Å². The molecule has 4 aromatic carbocycles. The summed E-state index contributed by atoms with van der Waals surface area (Å²) in [5, 5.41) is 3.51. The first-order valence-electron chi connectivity index (χ1n) is 16.4. The normalized spacial score (nSPS) is 17.7. The van der Waals surface area contributed by atoms with Crippen LogP contribution in [0.1, 0.15) is 90.0 Å². The van der Waals surface area contributed by atoms with Crippen LogP contribution in [0.25, 0.3) is 21.5 Å². The fraction of sp³-hybridized carbons (Fsp3) is 0.286. The van der Waals surface area contributed by atoms with Crippen LogP contribution in [0.15, 0.2) is 126 Å². The second-order valence-corrected chi connectivity index (χ2v) is 18.3. The molecule has 240 valence electrons. The van der Waals surface area contributed by atoms with Crippen molar-refractivity contribution in [3.8, 4) is 0 Å². The van der Waals surface area contributed by atoms with Gasteiger partial charge in [-0.25, -0.2) is 0 Å². The van der Waals surface area contributed by atoms with Crippen LogP contribution in [0.3, 0.4) is 0 Å². The minimum absolute atomic E-state index is 0.463. The zero-order valence-corrected chi connectivity index (χ0v) is 30.8. The van der Waals surface area contributed by atoms with Gasteiger partial charge in [-0.15, -0.1) is 0 Å². The van der Waals surface area contributed by atoms with E-state index >= 15 is 0 Å². The van der Waals surface area contributed by atoms with Crippen LogP contribution in [0.5, 0.6) is 0 Å². The van der Waals surface area contributed by atoms with Crippen LogP contribution >= 0.6 is 0 Å². The first kappa shape index (κ1) is 32.9. The zero-order valence-electron chi connectivity index (χ0n) is 29.2. The molecule has 0 atom stereocenters. The Labute approximate surface area is 283 Å². The van der Waals surface area contributed by atoms with Gasteiger partial charge < -0.3 is 0 Å². The molecule has 2 aliphatic carbocycles. The fourth-order valence-electron chi connectivity index (χ4n) is 8.03. The third-order valence-corrected chi connectivity index (χ3v) is 17.9. The van der Waals surface area contributed by atoms with Crippen molar-refractivity contribution in [1.82, 2.24) is 0 Å². The van der Waals surface area contributed by atoms with E-state index in [2.05, 4.69) is 69.2 Å². The summed E-state index contributed by atoms with van der Waals surface area (Å²) in [6, 6.07) is 27.1. The Hall–Kier alpha value is -3.99. The van der Waals surface area contributed by atoms with E-state index in [1.54, 1.807) is 0 Å². The summed E-state index contributed by atoms with van der Waals surface area (Å²) >= 11 is -5.00. The molecule has 0 saturated carbocycles. The van der Waals surface area contributed by atoms with Crippen LogP contribution in [0, 0.1) is 10.8 Å². The van der Waals surface area contributed by atoms with Gasteiger partial charge in [-0.3, -0.25) is 0 Å². The second kappa shape index (κ2) is 11.6. The van der Waals surface area contributed by atoms with Crippen molar-refractivity contribution >= 4 is 33.5 Å². The molecule has 4 nitrogen and oxygen atoms in total. The molecule has 2 aliphatic rings. The molecule has 0 aliphatic heterocycles. The van der Waals surface area contributed by atoms with Crippen LogP contribution < -0.4 is 0 Å². The van der Waals surface area contributed by atoms with E-state index in [4.69, 9.17) is 6.64 Å². The molecule has 6 rings (SSSR count). The maximum absolute atomic E-state index is 14.8. The number of hydrogen-bond acceptors (Lipinski definition) is 4. The van der Waals surface area contributed by atoms with Crippen molar-refractivity contribution in [1.29, 1.82) is 0 Å². The molecule has 47 heavy (non-hydrogen) atoms. The number of rotatable bonds is 6. The van der Waals surface area contributed by atoms with Gasteiger partial charge in [0.05, 0.1) is 0 Å². The van der Waals surface area contributed by atoms with Crippen molar-refractivity contribution < 1.29 is 33.6 Å². The monoisotopic (exact) mass is 660 g/mol. The Balaban J connectivity index is 1.67. The predicted molar refractivity (Wildman–Crippen MR) is 188 cm³/mol. The third kappa shape index (κ3) is 5.00. The van der Waals surface area contributed by atoms with Gasteiger partial charge in [0.25, 0.3) is 0 Å². The maximum atomic E-state index is 14.8. The molecule has 5 heteroatoms. The van der Waals surface area contributed by atoms with Gasteiger partial charge in [0.15, 0.2) is 0 Å². The number of carbonyl (C=O) groups excluding carboxylic acids is 2. The molecule has 4 aromatic rings. The molecule has 0 spiro atoms. The number of carbonyl (C=O) groups is 2. The molecule has 0 fully saturated rings. The van der Waals surface area contributed by atoms with Gasteiger partial charge in [-0.1, -0.05) is 0 Å². The summed E-state index contributed by atoms with van der Waals surface area (Å²) in [6.45, 7) is 21.5. The Bertz CT molecular complexity index is 1970. The number of allylic oxidation sites excluding steroid dienone is 8. The quantitative estimate of drug-likeness (QED) is 0.193. The van der Waals surface area contributed by atoms with E-state index in [1.165, 1.54) is 11.1 Å². The number of fused-ring (bicyclic) bond motifs is 2. The fourth-order valence-corrected chi connectivity index (χ4v) is 15.6. The summed E-state index contributed by atoms with van der Waals surface area (Å²) in [6.07, 6.45) is 0. The zero-order chi connectivity index (χ0) is 34.1. The summed E-state index contributed by atoms with van der Waals surface area (Å²) in [5.74, 6) is -0.937. The van der Waals surface area contributed by atoms with E-state index in [-0.39, 0.29) is 0 Å². The van der Waals surface area contributed by atoms with Crippen LogP contribution in [0.2, 0.25) is 0 Å². The molecule has 0 N–H and O–H groups in total. The van der Waals surface area contributed by atoms with Gasteiger partial charge in [0.1, 0.15) is 0 Å². The van der Waals surface area contributed by atoms with Crippen LogP contribution in [-0.2, 0) is 24.0 Å². The topological polar surface area (TPSA) is 52.6 Å². The standard InChI is InChI=1S/2C11H8O2.2C10H15.Ti/c2*12-11(13)10-7-3-5-8-4-1-2-6-9(8)10;2*1-7-6-10(4,5)9(3)8(7)2;/h2*1-7H,(H,12,13);2*1-5H3;/q;;;;+2/p-2. The molecular weight excluding hydrogens is 616 g/mol. The van der Waals surface area contributed by atoms with Gasteiger partial charge in [-0.2, -0.15) is 0 Å². The Morgan fingerprint density at radius 1 is 0.489 bits per heavy atom. The van der Waals surface area contributed by atoms with Gasteiger partial charge in [0, 0.05) is 0 Å². The van der Waals surface area contributed by atoms with Crippen molar-refractivity contribution in [2.45, 2.75) is 69.2 Å². The van der Waals surface area contributed by atoms with E-state index in [0.717, 1.165) is 51.6 Å². The molecule has 0 radical (unpaired) electrons. The second-order valence-electron chi connectivity index (χ2n) is 14.2. The van der Waals surface area contributed by atoms with Gasteiger partial charge in [-0.05, 0) is 0 Å². The summed E-state index contributed by atoms with van der Waals surface area (Å²) in [4.78, 5) is 29.7. The Morgan fingerprint density at radius 2 is 0.830 bits per heavy atom. The predicted octanol–water partition coefficient (Wildman–Crippen LogP) is 11.3. The molecule has 0 aromatic heterocycles. The molecule has 0 heterocycles. The van der Waals surface area contributed by atoms with Crippen molar-refractivity contribution in [2.75, 3.05) is 0 Å². The first-order valence-corrected chi connectivity index (χ1v) is 19.2. The van der Waals surface area contributed by atoms with E-state index in [1.807, 2.05) is 84.9 Å². The Kier molecular flexibility index (Phi) is 8.14. The molecule has 0 amide bonds. The minimum atomic E-state index is -5.00. The first-order chi connectivity index (χ1) is 22.1. The molecular formula is C42H44O4Ti. The van der Waals surface area contributed by atoms with E-state index < -0.39 is 40.1 Å². The molecule has 0 bridgehead atoms. The number of benzene rings is 4. The van der Waals surface area contributed by atoms with Gasteiger partial charge in [0.2, 0.25) is 0 Å². The SMILES string of the molecule is CC1=C(C)C(C)(C)[C]([Ti]([O]C(=O)c2cccc3ccccc23)([O]C(=O)c2cccc3ccccc23)[C]2=C(C)C(C)=C(C)C2(C)C)=C1C. The Morgan fingerprint density at radius 3 is 1.17 bits per heavy atom. The van der Waals surface area contributed by atoms with Crippen molar-refractivity contribution in [3.63, 3.8) is 0 Å². The van der Waals surface area contributed by atoms with Gasteiger partial charge >= 0.3 is 284 Å². The van der Waals surface area contributed by atoms with Crippen molar-refractivity contribution in [2.24, 2.45) is 10.8 Å². The van der Waals surface area contributed by atoms with E-state index in [9.17, 15) is 9.59 Å². The van der Waals surface area contributed by atoms with Crippen LogP contribution in [0.4, 0.5) is 0 Å². The van der Waals surface area contributed by atoms with Crippen molar-refractivity contribution in [3.05, 3.63) is 137 Å². The summed E-state index contributed by atoms with van der Waals surface area (Å²) in [5.41, 5.74) is 6.67. The average molecular weight is 661 g/mol. The third-order valence-electron chi connectivity index (χ3n) is 11.3. The molecule has 0 saturated heterocycles. The molecule has 0 unspecified atom stereocenters. The number of hydrogen-bond donors (Lipinski definition) is 0. The summed E-state index contributed by atoms with van der Waals surface area (Å²) < 4.78 is 16.2. The average Bonchev–Trinajstić information content (AvgIpc) is 3.31.